The summed E-state index contributed by atoms with van der Waals surface area (Å²) in [6.07, 6.45) is 3.23. The highest BCUT2D eigenvalue weighted by Gasteiger charge is 2.40. The normalized spacial score (nSPS) is 24.2. The number of hydrogen-bond donors (Lipinski definition) is 0. The van der Waals surface area contributed by atoms with Crippen LogP contribution in [0.1, 0.15) is 12.5 Å². The Morgan fingerprint density at radius 3 is 2.81 bits per heavy atom. The molecule has 0 amide bonds. The van der Waals surface area contributed by atoms with Gasteiger partial charge in [-0.15, -0.1) is 0 Å². The van der Waals surface area contributed by atoms with Crippen molar-refractivity contribution in [3.05, 3.63) is 36.3 Å². The fourth-order valence-electron chi connectivity index (χ4n) is 2.43. The second kappa shape index (κ2) is 3.32. The molecule has 0 aliphatic heterocycles. The lowest BCUT2D eigenvalue weighted by atomic mass is 10.2. The quantitative estimate of drug-likeness (QED) is 0.752. The fourth-order valence-corrected chi connectivity index (χ4v) is 2.43. The monoisotopic (exact) mass is 218 g/mol. The van der Waals surface area contributed by atoms with Crippen LogP contribution in [0.2, 0.25) is 0 Å². The summed E-state index contributed by atoms with van der Waals surface area (Å²) in [6.45, 7) is 0. The molecule has 2 aromatic rings. The van der Waals surface area contributed by atoms with Crippen LogP contribution in [0, 0.1) is 5.82 Å². The molecule has 2 atom stereocenters. The van der Waals surface area contributed by atoms with Crippen molar-refractivity contribution in [3.8, 4) is 0 Å². The van der Waals surface area contributed by atoms with Crippen LogP contribution < -0.4 is 0 Å². The number of fused-ring (bicyclic) bond motifs is 1. The van der Waals surface area contributed by atoms with Crippen LogP contribution in [-0.4, -0.2) is 29.6 Å². The number of likely N-dealkylation sites (N-methyl/N-ethyl adjacent to an activating group) is 1. The molecule has 0 N–H and O–H groups in total. The average molecular weight is 218 g/mol. The van der Waals surface area contributed by atoms with Crippen LogP contribution >= 0.6 is 0 Å². The molecule has 1 aliphatic carbocycles. The Morgan fingerprint density at radius 1 is 1.31 bits per heavy atom. The van der Waals surface area contributed by atoms with Crippen molar-refractivity contribution < 1.29 is 4.39 Å². The molecule has 1 aromatic carbocycles. The molecule has 0 spiro atoms. The lowest BCUT2D eigenvalue weighted by Gasteiger charge is -2.10. The zero-order valence-electron chi connectivity index (χ0n) is 9.52. The molecule has 0 saturated heterocycles. The van der Waals surface area contributed by atoms with Gasteiger partial charge >= 0.3 is 0 Å². The van der Waals surface area contributed by atoms with Crippen molar-refractivity contribution in [2.45, 2.75) is 18.5 Å². The van der Waals surface area contributed by atoms with Crippen LogP contribution in [0.4, 0.5) is 4.39 Å². The van der Waals surface area contributed by atoms with Gasteiger partial charge in [0.2, 0.25) is 0 Å². The molecule has 1 aliphatic rings. The number of hydrogen-bond acceptors (Lipinski definition) is 1. The highest BCUT2D eigenvalue weighted by molar-refractivity contribution is 5.80. The van der Waals surface area contributed by atoms with Gasteiger partial charge in [0.1, 0.15) is 5.82 Å². The molecule has 3 heteroatoms. The van der Waals surface area contributed by atoms with E-state index in [0.29, 0.717) is 12.1 Å². The zero-order chi connectivity index (χ0) is 11.3. The molecular formula is C13H15FN2. The Kier molecular flexibility index (Phi) is 2.04. The van der Waals surface area contributed by atoms with E-state index in [2.05, 4.69) is 35.8 Å². The van der Waals surface area contributed by atoms with Crippen molar-refractivity contribution in [1.29, 1.82) is 0 Å². The maximum Gasteiger partial charge on any atom is 0.125 e. The summed E-state index contributed by atoms with van der Waals surface area (Å²) in [5.41, 5.74) is 1.01. The number of aromatic nitrogens is 1. The predicted molar refractivity (Wildman–Crippen MR) is 63.0 cm³/mol. The minimum atomic E-state index is -0.158. The van der Waals surface area contributed by atoms with E-state index in [0.717, 1.165) is 17.3 Å². The molecular weight excluding hydrogens is 203 g/mol. The number of rotatable bonds is 2. The summed E-state index contributed by atoms with van der Waals surface area (Å²) in [7, 11) is 4.19. The highest BCUT2D eigenvalue weighted by atomic mass is 19.1. The molecule has 1 unspecified atom stereocenters. The van der Waals surface area contributed by atoms with Gasteiger partial charge in [0.05, 0.1) is 11.6 Å². The standard InChI is InChI=1S/C13H15FN2/c1-15(2)12-8-13(12)16-6-5-9-3-4-10(14)7-11(9)16/h3-7,12-13H,8H2,1-2H3/t12?,13-/m0/s1. The number of halogens is 1. The first-order valence-electron chi connectivity index (χ1n) is 5.59. The maximum atomic E-state index is 13.2. The molecule has 1 saturated carbocycles. The molecule has 0 radical (unpaired) electrons. The van der Waals surface area contributed by atoms with Crippen molar-refractivity contribution in [1.82, 2.24) is 9.47 Å². The summed E-state index contributed by atoms with van der Waals surface area (Å²) in [5.74, 6) is -0.158. The Morgan fingerprint density at radius 2 is 2.12 bits per heavy atom. The van der Waals surface area contributed by atoms with Gasteiger partial charge in [-0.3, -0.25) is 0 Å². The molecule has 1 heterocycles. The Hall–Kier alpha value is -1.35. The smallest absolute Gasteiger partial charge is 0.125 e. The molecule has 16 heavy (non-hydrogen) atoms. The lowest BCUT2D eigenvalue weighted by Crippen LogP contribution is -2.17. The maximum absolute atomic E-state index is 13.2. The SMILES string of the molecule is CN(C)C1C[C@@H]1n1ccc2ccc(F)cc21. The third-order valence-corrected chi connectivity index (χ3v) is 3.43. The second-order valence-electron chi connectivity index (χ2n) is 4.76. The molecule has 0 bridgehead atoms. The molecule has 3 rings (SSSR count). The van der Waals surface area contributed by atoms with Crippen LogP contribution in [-0.2, 0) is 0 Å². The van der Waals surface area contributed by atoms with Gasteiger partial charge in [-0.25, -0.2) is 4.39 Å². The first-order chi connectivity index (χ1) is 7.66. The van der Waals surface area contributed by atoms with Crippen molar-refractivity contribution in [2.24, 2.45) is 0 Å². The van der Waals surface area contributed by atoms with Gasteiger partial charge in [-0.2, -0.15) is 0 Å². The second-order valence-corrected chi connectivity index (χ2v) is 4.76. The van der Waals surface area contributed by atoms with Gasteiger partial charge in [-0.05, 0) is 50.2 Å². The minimum Gasteiger partial charge on any atom is -0.343 e. The van der Waals surface area contributed by atoms with Gasteiger partial charge in [0.15, 0.2) is 0 Å². The van der Waals surface area contributed by atoms with Crippen LogP contribution in [0.25, 0.3) is 10.9 Å². The molecule has 2 nitrogen and oxygen atoms in total. The van der Waals surface area contributed by atoms with Gasteiger partial charge in [0, 0.05) is 12.2 Å². The largest absolute Gasteiger partial charge is 0.343 e. The van der Waals surface area contributed by atoms with E-state index < -0.39 is 0 Å². The van der Waals surface area contributed by atoms with Gasteiger partial charge in [0.25, 0.3) is 0 Å². The van der Waals surface area contributed by atoms with Gasteiger partial charge < -0.3 is 9.47 Å². The first kappa shape index (κ1) is 9.85. The summed E-state index contributed by atoms with van der Waals surface area (Å²) in [5, 5.41) is 1.12. The van der Waals surface area contributed by atoms with Crippen LogP contribution in [0.3, 0.4) is 0 Å². The van der Waals surface area contributed by atoms with Gasteiger partial charge in [-0.1, -0.05) is 0 Å². The summed E-state index contributed by atoms with van der Waals surface area (Å²) >= 11 is 0. The third kappa shape index (κ3) is 1.43. The third-order valence-electron chi connectivity index (χ3n) is 3.43. The molecule has 84 valence electrons. The molecule has 1 aromatic heterocycles. The lowest BCUT2D eigenvalue weighted by molar-refractivity contribution is 0.377. The van der Waals surface area contributed by atoms with Crippen molar-refractivity contribution in [3.63, 3.8) is 0 Å². The average Bonchev–Trinajstić information content (AvgIpc) is 2.93. The number of nitrogens with zero attached hydrogens (tertiary/aromatic N) is 2. The van der Waals surface area contributed by atoms with E-state index in [1.54, 1.807) is 6.07 Å². The van der Waals surface area contributed by atoms with Crippen LogP contribution in [0.5, 0.6) is 0 Å². The zero-order valence-corrected chi connectivity index (χ0v) is 9.52. The Labute approximate surface area is 94.3 Å². The number of benzene rings is 1. The fraction of sp³-hybridized carbons (Fsp3) is 0.385. The van der Waals surface area contributed by atoms with E-state index in [4.69, 9.17) is 0 Å². The first-order valence-corrected chi connectivity index (χ1v) is 5.59. The van der Waals surface area contributed by atoms with E-state index >= 15 is 0 Å². The summed E-state index contributed by atoms with van der Waals surface area (Å²) < 4.78 is 15.4. The van der Waals surface area contributed by atoms with E-state index in [1.165, 1.54) is 6.07 Å². The highest BCUT2D eigenvalue weighted by Crippen LogP contribution is 2.41. The topological polar surface area (TPSA) is 8.17 Å². The Bertz CT molecular complexity index is 530. The predicted octanol–water partition coefficient (Wildman–Crippen LogP) is 2.66. The van der Waals surface area contributed by atoms with Crippen molar-refractivity contribution in [2.75, 3.05) is 14.1 Å². The summed E-state index contributed by atoms with van der Waals surface area (Å²) in [4.78, 5) is 2.23. The Balaban J connectivity index is 2.02. The van der Waals surface area contributed by atoms with E-state index in [9.17, 15) is 4.39 Å². The van der Waals surface area contributed by atoms with Crippen LogP contribution in [0.15, 0.2) is 30.5 Å². The minimum absolute atomic E-state index is 0.158. The summed E-state index contributed by atoms with van der Waals surface area (Å²) in [6, 6.07) is 8.14. The molecule has 1 fully saturated rings. The van der Waals surface area contributed by atoms with Crippen molar-refractivity contribution >= 4 is 10.9 Å². The van der Waals surface area contributed by atoms with E-state index in [-0.39, 0.29) is 5.82 Å². The van der Waals surface area contributed by atoms with E-state index in [1.807, 2.05) is 6.07 Å².